The number of halogens is 1. The van der Waals surface area contributed by atoms with Crippen LogP contribution in [0, 0.1) is 0 Å². The molecule has 16 heavy (non-hydrogen) atoms. The Labute approximate surface area is 106 Å². The molecule has 0 saturated heterocycles. The molecule has 0 fully saturated rings. The van der Waals surface area contributed by atoms with Gasteiger partial charge >= 0.3 is 0 Å². The molecule has 0 aliphatic carbocycles. The van der Waals surface area contributed by atoms with Crippen molar-refractivity contribution in [2.45, 2.75) is 12.5 Å². The lowest BCUT2D eigenvalue weighted by Gasteiger charge is -2.11. The lowest BCUT2D eigenvalue weighted by molar-refractivity contribution is -0.109. The minimum absolute atomic E-state index is 0.0832. The van der Waals surface area contributed by atoms with Crippen LogP contribution in [0.1, 0.15) is 18.0 Å². The Morgan fingerprint density at radius 1 is 1.44 bits per heavy atom. The Morgan fingerprint density at radius 2 is 2.31 bits per heavy atom. The summed E-state index contributed by atoms with van der Waals surface area (Å²) in [6.45, 7) is 0. The summed E-state index contributed by atoms with van der Waals surface area (Å²) in [4.78, 5) is 19.5. The molecule has 1 aliphatic rings. The first kappa shape index (κ1) is 9.95. The van der Waals surface area contributed by atoms with Crippen LogP contribution in [0.4, 0.5) is 0 Å². The largest absolute Gasteiger partial charge is 0.322 e. The molecule has 0 bridgehead atoms. The molecule has 80 valence electrons. The number of imidazole rings is 1. The third-order valence-corrected chi connectivity index (χ3v) is 3.29. The molecule has 0 aromatic carbocycles. The highest BCUT2D eigenvalue weighted by Gasteiger charge is 2.29. The number of rotatable bonds is 2. The van der Waals surface area contributed by atoms with E-state index in [-0.39, 0.29) is 9.83 Å². The van der Waals surface area contributed by atoms with E-state index in [1.807, 2.05) is 45.6 Å². The maximum atomic E-state index is 11.3. The van der Waals surface area contributed by atoms with E-state index < -0.39 is 0 Å². The average molecular weight is 325 g/mol. The molecule has 2 aromatic heterocycles. The Morgan fingerprint density at radius 3 is 3.12 bits per heavy atom. The minimum Gasteiger partial charge on any atom is -0.322 e. The molecule has 3 rings (SSSR count). The zero-order valence-electron chi connectivity index (χ0n) is 8.30. The van der Waals surface area contributed by atoms with Crippen molar-refractivity contribution in [3.63, 3.8) is 0 Å². The van der Waals surface area contributed by atoms with E-state index in [1.165, 1.54) is 0 Å². The zero-order chi connectivity index (χ0) is 11.1. The number of nitrogens with zero attached hydrogens (tertiary/aromatic N) is 3. The monoisotopic (exact) mass is 325 g/mol. The molecule has 4 nitrogen and oxygen atoms in total. The van der Waals surface area contributed by atoms with E-state index in [0.29, 0.717) is 6.42 Å². The van der Waals surface area contributed by atoms with Gasteiger partial charge in [-0.15, -0.1) is 0 Å². The fraction of sp³-hybridized carbons (Fsp3) is 0.182. The van der Waals surface area contributed by atoms with Crippen molar-refractivity contribution in [3.8, 4) is 11.3 Å². The Bertz CT molecular complexity index is 564. The van der Waals surface area contributed by atoms with Crippen LogP contribution in [-0.4, -0.2) is 18.3 Å². The molecule has 0 amide bonds. The summed E-state index contributed by atoms with van der Waals surface area (Å²) >= 11 is 1.84. The lowest BCUT2D eigenvalue weighted by Crippen LogP contribution is -2.07. The highest BCUT2D eigenvalue weighted by molar-refractivity contribution is 14.1. The minimum atomic E-state index is 0.0832. The van der Waals surface area contributed by atoms with E-state index in [1.54, 1.807) is 12.5 Å². The van der Waals surface area contributed by atoms with Gasteiger partial charge in [0.15, 0.2) is 3.79 Å². The van der Waals surface area contributed by atoms with E-state index in [2.05, 4.69) is 9.97 Å². The van der Waals surface area contributed by atoms with Crippen molar-refractivity contribution in [2.75, 3.05) is 0 Å². The van der Waals surface area contributed by atoms with Crippen LogP contribution in [-0.2, 0) is 4.79 Å². The van der Waals surface area contributed by atoms with Gasteiger partial charge in [0.25, 0.3) is 0 Å². The zero-order valence-corrected chi connectivity index (χ0v) is 10.5. The van der Waals surface area contributed by atoms with Crippen molar-refractivity contribution in [1.29, 1.82) is 0 Å². The van der Waals surface area contributed by atoms with Gasteiger partial charge in [-0.3, -0.25) is 9.78 Å². The van der Waals surface area contributed by atoms with Crippen LogP contribution in [0.5, 0.6) is 0 Å². The van der Waals surface area contributed by atoms with Crippen LogP contribution in [0.15, 0.2) is 31.0 Å². The van der Waals surface area contributed by atoms with Gasteiger partial charge in [0.2, 0.25) is 0 Å². The molecular formula is C11H8IN3O. The Balaban J connectivity index is 2.17. The number of carbonyl (C=O) groups is 1. The SMILES string of the molecule is O=C(I)CC1c2ccncc2-c2cncn21. The summed E-state index contributed by atoms with van der Waals surface area (Å²) < 4.78 is 2.20. The second-order valence-corrected chi connectivity index (χ2v) is 4.93. The quantitative estimate of drug-likeness (QED) is 0.628. The van der Waals surface area contributed by atoms with Gasteiger partial charge < -0.3 is 4.57 Å². The number of aromatic nitrogens is 3. The maximum absolute atomic E-state index is 11.3. The fourth-order valence-corrected chi connectivity index (χ4v) is 2.60. The van der Waals surface area contributed by atoms with Crippen molar-refractivity contribution >= 4 is 26.4 Å². The second-order valence-electron chi connectivity index (χ2n) is 3.72. The van der Waals surface area contributed by atoms with Gasteiger partial charge in [-0.25, -0.2) is 4.98 Å². The van der Waals surface area contributed by atoms with Gasteiger partial charge in [0.1, 0.15) is 0 Å². The molecule has 1 aliphatic heterocycles. The molecule has 2 aromatic rings. The van der Waals surface area contributed by atoms with E-state index in [9.17, 15) is 4.79 Å². The Hall–Kier alpha value is -1.24. The third-order valence-electron chi connectivity index (χ3n) is 2.85. The fourth-order valence-electron chi connectivity index (χ4n) is 2.18. The molecule has 0 radical (unpaired) electrons. The lowest BCUT2D eigenvalue weighted by atomic mass is 10.0. The van der Waals surface area contributed by atoms with Crippen LogP contribution in [0.3, 0.4) is 0 Å². The van der Waals surface area contributed by atoms with E-state index >= 15 is 0 Å². The molecule has 3 heterocycles. The maximum Gasteiger partial charge on any atom is 0.194 e. The molecule has 0 N–H and O–H groups in total. The standard InChI is InChI=1S/C11H8IN3O/c12-11(16)3-9-7-1-2-13-4-8(7)10-5-14-6-15(9)10/h1-2,4-6,9H,3H2. The average Bonchev–Trinajstić information content (AvgIpc) is 2.82. The summed E-state index contributed by atoms with van der Waals surface area (Å²) in [5.74, 6) is 0. The van der Waals surface area contributed by atoms with E-state index in [0.717, 1.165) is 16.8 Å². The topological polar surface area (TPSA) is 47.8 Å². The van der Waals surface area contributed by atoms with Gasteiger partial charge in [-0.05, 0) is 34.2 Å². The van der Waals surface area contributed by atoms with Crippen LogP contribution >= 0.6 is 22.6 Å². The molecule has 5 heteroatoms. The normalized spacial score (nSPS) is 16.9. The predicted octanol–water partition coefficient (Wildman–Crippen LogP) is 2.20. The molecule has 1 atom stereocenters. The number of fused-ring (bicyclic) bond motifs is 3. The van der Waals surface area contributed by atoms with Crippen LogP contribution in [0.2, 0.25) is 0 Å². The molecule has 0 saturated carbocycles. The molecular weight excluding hydrogens is 317 g/mol. The summed E-state index contributed by atoms with van der Waals surface area (Å²) in [5, 5.41) is 0. The number of pyridine rings is 1. The first-order valence-corrected chi connectivity index (χ1v) is 5.99. The van der Waals surface area contributed by atoms with Crippen LogP contribution < -0.4 is 0 Å². The first-order chi connectivity index (χ1) is 7.77. The molecule has 1 unspecified atom stereocenters. The van der Waals surface area contributed by atoms with Crippen molar-refractivity contribution in [1.82, 2.24) is 14.5 Å². The van der Waals surface area contributed by atoms with Gasteiger partial charge in [-0.1, -0.05) is 0 Å². The van der Waals surface area contributed by atoms with Gasteiger partial charge in [0, 0.05) is 24.4 Å². The van der Waals surface area contributed by atoms with Crippen molar-refractivity contribution < 1.29 is 4.79 Å². The Kier molecular flexibility index (Phi) is 2.27. The summed E-state index contributed by atoms with van der Waals surface area (Å²) in [5.41, 5.74) is 3.30. The second kappa shape index (κ2) is 3.65. The highest BCUT2D eigenvalue weighted by Crippen LogP contribution is 2.40. The number of carbonyl (C=O) groups excluding carboxylic acids is 1. The summed E-state index contributed by atoms with van der Waals surface area (Å²) in [7, 11) is 0. The highest BCUT2D eigenvalue weighted by atomic mass is 127. The third kappa shape index (κ3) is 1.38. The summed E-state index contributed by atoms with van der Waals surface area (Å²) in [6.07, 6.45) is 7.70. The summed E-state index contributed by atoms with van der Waals surface area (Å²) in [6, 6.07) is 2.06. The van der Waals surface area contributed by atoms with Gasteiger partial charge in [-0.2, -0.15) is 0 Å². The molecule has 0 spiro atoms. The van der Waals surface area contributed by atoms with E-state index in [4.69, 9.17) is 0 Å². The van der Waals surface area contributed by atoms with Crippen LogP contribution in [0.25, 0.3) is 11.3 Å². The van der Waals surface area contributed by atoms with Crippen molar-refractivity contribution in [2.24, 2.45) is 0 Å². The smallest absolute Gasteiger partial charge is 0.194 e. The number of hydrogen-bond donors (Lipinski definition) is 0. The van der Waals surface area contributed by atoms with Gasteiger partial charge in [0.05, 0.1) is 24.3 Å². The van der Waals surface area contributed by atoms with Crippen molar-refractivity contribution in [3.05, 3.63) is 36.5 Å². The predicted molar refractivity (Wildman–Crippen MR) is 67.2 cm³/mol. The first-order valence-electron chi connectivity index (χ1n) is 4.92. The number of hydrogen-bond acceptors (Lipinski definition) is 3.